The predicted molar refractivity (Wildman–Crippen MR) is 137 cm³/mol. The molecule has 0 aromatic heterocycles. The fraction of sp³-hybridized carbons (Fsp3) is 0.462. The van der Waals surface area contributed by atoms with E-state index in [-0.39, 0.29) is 6.61 Å². The molecule has 0 unspecified atom stereocenters. The van der Waals surface area contributed by atoms with Gasteiger partial charge in [-0.25, -0.2) is 0 Å². The van der Waals surface area contributed by atoms with Crippen molar-refractivity contribution in [3.63, 3.8) is 0 Å². The Bertz CT molecular complexity index is 1040. The summed E-state index contributed by atoms with van der Waals surface area (Å²) in [5.74, 6) is -2.16. The fourth-order valence-corrected chi connectivity index (χ4v) is 8.91. The number of nitrogens with zero attached hydrogens (tertiary/aromatic N) is 1. The van der Waals surface area contributed by atoms with Crippen molar-refractivity contribution in [2.45, 2.75) is 54.1 Å². The number of rotatable bonds is 6. The van der Waals surface area contributed by atoms with Gasteiger partial charge in [-0.3, -0.25) is 0 Å². The number of benzene rings is 2. The molecular weight excluding hydrogens is 568 g/mol. The molecule has 2 heterocycles. The number of amides is 2. The summed E-state index contributed by atoms with van der Waals surface area (Å²) in [5, 5.41) is 10.8. The molecule has 2 amide bonds. The average molecular weight is 599 g/mol. The van der Waals surface area contributed by atoms with Crippen LogP contribution in [0, 0.1) is 0 Å². The molecule has 35 heavy (non-hydrogen) atoms. The van der Waals surface area contributed by atoms with Crippen LogP contribution in [0.5, 0.6) is 0 Å². The number of aliphatic hydroxyl groups is 1. The zero-order chi connectivity index (χ0) is 25.6. The van der Waals surface area contributed by atoms with Crippen molar-refractivity contribution in [3.8, 4) is 0 Å². The summed E-state index contributed by atoms with van der Waals surface area (Å²) in [5.41, 5.74) is -2.72. The molecule has 2 aliphatic heterocycles. The Hall–Kier alpha value is -2.08. The third-order valence-corrected chi connectivity index (χ3v) is 10.2. The second-order valence-electron chi connectivity index (χ2n) is 9.55. The third kappa shape index (κ3) is 4.47. The average Bonchev–Trinajstić information content (AvgIpc) is 3.36. The van der Waals surface area contributed by atoms with Crippen LogP contribution in [0.3, 0.4) is 0 Å². The van der Waals surface area contributed by atoms with Crippen molar-refractivity contribution in [1.82, 2.24) is 4.90 Å². The second kappa shape index (κ2) is 9.42. The van der Waals surface area contributed by atoms with Crippen LogP contribution in [0.25, 0.3) is 0 Å². The van der Waals surface area contributed by atoms with Gasteiger partial charge in [-0.1, -0.05) is 0 Å². The zero-order valence-electron chi connectivity index (χ0n) is 20.4. The van der Waals surface area contributed by atoms with E-state index in [1.165, 1.54) is 0 Å². The first kappa shape index (κ1) is 26.0. The van der Waals surface area contributed by atoms with E-state index in [0.29, 0.717) is 11.1 Å². The molecule has 2 saturated heterocycles. The molecule has 0 radical (unpaired) electrons. The van der Waals surface area contributed by atoms with Gasteiger partial charge >= 0.3 is 212 Å². The van der Waals surface area contributed by atoms with Gasteiger partial charge in [0, 0.05) is 0 Å². The Balaban J connectivity index is 1.78. The number of hydrogen-bond acceptors (Lipinski definition) is 6. The van der Waals surface area contributed by atoms with Gasteiger partial charge in [0.25, 0.3) is 0 Å². The summed E-state index contributed by atoms with van der Waals surface area (Å²) in [6.45, 7) is 4.19. The standard InChI is InChI=1S/C26H31FINO6/c1-24(2)33-16-19(34-24)20(30)25(3,27)22(31)29-21(28(4)5)26(35-23(29)32,17-12-8-6-9-13-17)18-14-10-7-11-15-18/h6-15,19-21,30H,16H2,1-5H3/t19-,20-,21-,25-/m1/s1. The van der Waals surface area contributed by atoms with Gasteiger partial charge in [0.2, 0.25) is 0 Å². The van der Waals surface area contributed by atoms with Gasteiger partial charge in [-0.05, 0) is 0 Å². The van der Waals surface area contributed by atoms with E-state index in [1.807, 2.05) is 70.5 Å². The SMILES string of the molecule is CI(C)[C@@H]1N(C(=O)[C@](C)(F)[C@H](O)[C@H]2COC(C)(C)O2)C(=O)OC1(c1ccccc1)c1ccccc1. The van der Waals surface area contributed by atoms with E-state index in [4.69, 9.17) is 14.2 Å². The molecule has 9 heteroatoms. The summed E-state index contributed by atoms with van der Waals surface area (Å²) in [6.07, 6.45) is -3.84. The molecule has 0 saturated carbocycles. The Kier molecular flexibility index (Phi) is 7.00. The van der Waals surface area contributed by atoms with Crippen molar-refractivity contribution in [2.24, 2.45) is 0 Å². The Morgan fingerprint density at radius 3 is 2.06 bits per heavy atom. The van der Waals surface area contributed by atoms with Gasteiger partial charge in [0.05, 0.1) is 0 Å². The van der Waals surface area contributed by atoms with Crippen molar-refractivity contribution < 1.29 is 33.3 Å². The van der Waals surface area contributed by atoms with E-state index in [0.717, 1.165) is 11.8 Å². The predicted octanol–water partition coefficient (Wildman–Crippen LogP) is 4.24. The molecule has 4 rings (SSSR count). The van der Waals surface area contributed by atoms with Crippen LogP contribution in [-0.4, -0.2) is 66.2 Å². The Morgan fingerprint density at radius 1 is 1.11 bits per heavy atom. The molecule has 2 aliphatic rings. The maximum atomic E-state index is 16.1. The Morgan fingerprint density at radius 2 is 1.63 bits per heavy atom. The minimum atomic E-state index is -2.82. The van der Waals surface area contributed by atoms with Gasteiger partial charge in [-0.2, -0.15) is 0 Å². The molecule has 4 atom stereocenters. The van der Waals surface area contributed by atoms with E-state index in [1.54, 1.807) is 13.8 Å². The van der Waals surface area contributed by atoms with Crippen LogP contribution in [-0.2, 0) is 24.6 Å². The molecular formula is C26H31FINO6. The number of hydrogen-bond donors (Lipinski definition) is 1. The first-order valence-electron chi connectivity index (χ1n) is 11.3. The molecule has 190 valence electrons. The monoisotopic (exact) mass is 599 g/mol. The number of alkyl halides is 4. The number of carbonyl (C=O) groups is 2. The second-order valence-corrected chi connectivity index (χ2v) is 15.4. The van der Waals surface area contributed by atoms with Crippen LogP contribution in [0.15, 0.2) is 60.7 Å². The van der Waals surface area contributed by atoms with Gasteiger partial charge < -0.3 is 0 Å². The minimum absolute atomic E-state index is 0.0765. The topological polar surface area (TPSA) is 85.3 Å². The normalized spacial score (nSPS) is 26.1. The number of ether oxygens (including phenoxy) is 3. The summed E-state index contributed by atoms with van der Waals surface area (Å²) in [7, 11) is 0. The van der Waals surface area contributed by atoms with Crippen molar-refractivity contribution in [3.05, 3.63) is 71.8 Å². The molecule has 1 N–H and O–H groups in total. The van der Waals surface area contributed by atoms with Crippen LogP contribution >= 0.6 is 19.8 Å². The van der Waals surface area contributed by atoms with Crippen LogP contribution in [0.1, 0.15) is 31.9 Å². The first-order chi connectivity index (χ1) is 16.4. The van der Waals surface area contributed by atoms with Crippen molar-refractivity contribution in [1.29, 1.82) is 0 Å². The molecule has 0 aliphatic carbocycles. The number of carbonyl (C=O) groups excluding carboxylic acids is 2. The number of imide groups is 1. The van der Waals surface area contributed by atoms with E-state index < -0.39 is 65.1 Å². The Labute approximate surface area is 211 Å². The van der Waals surface area contributed by atoms with Gasteiger partial charge in [-0.15, -0.1) is 0 Å². The molecule has 7 nitrogen and oxygen atoms in total. The van der Waals surface area contributed by atoms with Crippen molar-refractivity contribution in [2.75, 3.05) is 16.5 Å². The fourth-order valence-electron chi connectivity index (χ4n) is 4.71. The van der Waals surface area contributed by atoms with Crippen LogP contribution < -0.4 is 0 Å². The van der Waals surface area contributed by atoms with Crippen molar-refractivity contribution >= 4 is 31.8 Å². The third-order valence-electron chi connectivity index (χ3n) is 6.40. The number of cyclic esters (lactones) is 1. The summed E-state index contributed by atoms with van der Waals surface area (Å²) < 4.78 is 32.5. The van der Waals surface area contributed by atoms with Crippen LogP contribution in [0.2, 0.25) is 0 Å². The molecule has 0 spiro atoms. The maximum absolute atomic E-state index is 16.1. The summed E-state index contributed by atoms with van der Waals surface area (Å²) in [6, 6.07) is 18.4. The van der Waals surface area contributed by atoms with Crippen LogP contribution in [0.4, 0.5) is 9.18 Å². The number of halogens is 2. The van der Waals surface area contributed by atoms with E-state index in [2.05, 4.69) is 0 Å². The quantitative estimate of drug-likeness (QED) is 0.304. The summed E-state index contributed by atoms with van der Waals surface area (Å²) in [4.78, 5) is 32.0. The van der Waals surface area contributed by atoms with Gasteiger partial charge in [0.15, 0.2) is 0 Å². The molecule has 2 aromatic carbocycles. The first-order valence-corrected chi connectivity index (χ1v) is 16.8. The van der Waals surface area contributed by atoms with Gasteiger partial charge in [0.1, 0.15) is 0 Å². The molecule has 0 bridgehead atoms. The zero-order valence-corrected chi connectivity index (χ0v) is 22.6. The molecule has 2 aromatic rings. The summed E-state index contributed by atoms with van der Waals surface area (Å²) >= 11 is -2.14. The van der Waals surface area contributed by atoms with E-state index >= 15 is 4.39 Å². The van der Waals surface area contributed by atoms with E-state index in [9.17, 15) is 14.7 Å². The molecule has 2 fully saturated rings. The number of aliphatic hydroxyl groups excluding tert-OH is 1.